The molecular formula is C12H17N5O3S. The molecule has 8 nitrogen and oxygen atoms in total. The fourth-order valence-corrected chi connectivity index (χ4v) is 3.28. The van der Waals surface area contributed by atoms with Gasteiger partial charge >= 0.3 is 5.69 Å². The summed E-state index contributed by atoms with van der Waals surface area (Å²) in [6, 6.07) is 5.39. The molecule has 0 amide bonds. The largest absolute Gasteiger partial charge is 0.351 e. The van der Waals surface area contributed by atoms with Gasteiger partial charge in [0, 0.05) is 32.4 Å². The Morgan fingerprint density at radius 3 is 2.52 bits per heavy atom. The lowest BCUT2D eigenvalue weighted by molar-refractivity contribution is 0.144. The van der Waals surface area contributed by atoms with E-state index in [1.807, 2.05) is 11.0 Å². The van der Waals surface area contributed by atoms with Crippen LogP contribution < -0.4 is 5.69 Å². The first-order valence-corrected chi connectivity index (χ1v) is 8.52. The highest BCUT2D eigenvalue weighted by atomic mass is 32.2. The number of fused-ring (bicyclic) bond motifs is 1. The van der Waals surface area contributed by atoms with Gasteiger partial charge in [0.15, 0.2) is 5.65 Å². The van der Waals surface area contributed by atoms with Crippen molar-refractivity contribution in [2.75, 3.05) is 32.4 Å². The van der Waals surface area contributed by atoms with Crippen LogP contribution in [-0.2, 0) is 16.7 Å². The van der Waals surface area contributed by atoms with E-state index in [1.165, 1.54) is 19.6 Å². The minimum atomic E-state index is -3.13. The van der Waals surface area contributed by atoms with Crippen LogP contribution >= 0.6 is 0 Å². The Morgan fingerprint density at radius 2 is 1.90 bits per heavy atom. The topological polar surface area (TPSA) is 79.9 Å². The summed E-state index contributed by atoms with van der Waals surface area (Å²) in [6.45, 7) is 2.45. The zero-order valence-electron chi connectivity index (χ0n) is 11.7. The van der Waals surface area contributed by atoms with Crippen molar-refractivity contribution >= 4 is 15.7 Å². The molecule has 0 aliphatic carbocycles. The summed E-state index contributed by atoms with van der Waals surface area (Å²) >= 11 is 0. The Balaban J connectivity index is 1.73. The summed E-state index contributed by atoms with van der Waals surface area (Å²) in [5.41, 5.74) is 0.424. The lowest BCUT2D eigenvalue weighted by atomic mass is 10.4. The molecule has 0 unspecified atom stereocenters. The van der Waals surface area contributed by atoms with E-state index in [-0.39, 0.29) is 5.69 Å². The van der Waals surface area contributed by atoms with E-state index >= 15 is 0 Å². The highest BCUT2D eigenvalue weighted by Crippen LogP contribution is 2.06. The zero-order chi connectivity index (χ0) is 15.0. The van der Waals surface area contributed by atoms with E-state index in [0.717, 1.165) is 0 Å². The summed E-state index contributed by atoms with van der Waals surface area (Å²) in [5.74, 6) is 0. The molecule has 21 heavy (non-hydrogen) atoms. The number of sulfonamides is 1. The molecule has 0 spiro atoms. The second kappa shape index (κ2) is 5.24. The first kappa shape index (κ1) is 14.2. The van der Waals surface area contributed by atoms with Gasteiger partial charge in [-0.3, -0.25) is 9.30 Å². The minimum Gasteiger partial charge on any atom is -0.282 e. The lowest BCUT2D eigenvalue weighted by Crippen LogP contribution is -2.49. The van der Waals surface area contributed by atoms with Crippen LogP contribution in [0.15, 0.2) is 29.2 Å². The summed E-state index contributed by atoms with van der Waals surface area (Å²) in [7, 11) is -3.13. The van der Waals surface area contributed by atoms with Gasteiger partial charge in [-0.2, -0.15) is 8.99 Å². The quantitative estimate of drug-likeness (QED) is 0.729. The number of hydrogen-bond donors (Lipinski definition) is 0. The minimum absolute atomic E-state index is 0.184. The molecule has 1 fully saturated rings. The second-order valence-corrected chi connectivity index (χ2v) is 7.11. The van der Waals surface area contributed by atoms with Gasteiger partial charge in [0.05, 0.1) is 12.9 Å². The smallest absolute Gasteiger partial charge is 0.282 e. The van der Waals surface area contributed by atoms with Gasteiger partial charge in [-0.1, -0.05) is 6.07 Å². The lowest BCUT2D eigenvalue weighted by Gasteiger charge is -2.32. The third kappa shape index (κ3) is 2.85. The molecule has 0 radical (unpaired) electrons. The van der Waals surface area contributed by atoms with Crippen molar-refractivity contribution in [1.29, 1.82) is 0 Å². The van der Waals surface area contributed by atoms with Crippen LogP contribution in [0.2, 0.25) is 0 Å². The van der Waals surface area contributed by atoms with Gasteiger partial charge in [0.2, 0.25) is 10.0 Å². The molecule has 3 rings (SSSR count). The molecule has 0 aromatic carbocycles. The number of rotatable bonds is 3. The third-order valence-corrected chi connectivity index (χ3v) is 4.93. The average molecular weight is 311 g/mol. The summed E-state index contributed by atoms with van der Waals surface area (Å²) in [4.78, 5) is 14.2. The van der Waals surface area contributed by atoms with E-state index in [1.54, 1.807) is 18.3 Å². The number of aromatic nitrogens is 3. The maximum atomic E-state index is 12.2. The summed E-state index contributed by atoms with van der Waals surface area (Å²) in [5, 5.41) is 4.27. The van der Waals surface area contributed by atoms with Crippen molar-refractivity contribution in [1.82, 2.24) is 23.4 Å². The highest BCUT2D eigenvalue weighted by molar-refractivity contribution is 7.88. The van der Waals surface area contributed by atoms with Crippen molar-refractivity contribution in [2.45, 2.75) is 6.67 Å². The normalized spacial score (nSPS) is 18.3. The number of nitrogens with zero attached hydrogens (tertiary/aromatic N) is 5. The van der Waals surface area contributed by atoms with Crippen LogP contribution in [0.5, 0.6) is 0 Å². The van der Waals surface area contributed by atoms with Crippen molar-refractivity contribution in [2.24, 2.45) is 0 Å². The zero-order valence-corrected chi connectivity index (χ0v) is 12.5. The van der Waals surface area contributed by atoms with Crippen LogP contribution in [0, 0.1) is 0 Å². The van der Waals surface area contributed by atoms with Gasteiger partial charge in [-0.15, -0.1) is 5.10 Å². The van der Waals surface area contributed by atoms with E-state index in [9.17, 15) is 13.2 Å². The fourth-order valence-electron chi connectivity index (χ4n) is 2.45. The van der Waals surface area contributed by atoms with Crippen LogP contribution in [0.1, 0.15) is 0 Å². The van der Waals surface area contributed by atoms with Gasteiger partial charge in [-0.05, 0) is 12.1 Å². The fraction of sp³-hybridized carbons (Fsp3) is 0.500. The Bertz CT molecular complexity index is 802. The van der Waals surface area contributed by atoms with E-state index < -0.39 is 10.0 Å². The molecule has 9 heteroatoms. The Kier molecular flexibility index (Phi) is 3.56. The molecular weight excluding hydrogens is 294 g/mol. The Hall–Kier alpha value is -1.71. The molecule has 3 heterocycles. The molecule has 2 aromatic rings. The van der Waals surface area contributed by atoms with Crippen molar-refractivity contribution in [3.05, 3.63) is 34.9 Å². The van der Waals surface area contributed by atoms with Crippen molar-refractivity contribution in [3.8, 4) is 0 Å². The molecule has 0 bridgehead atoms. The average Bonchev–Trinajstić information content (AvgIpc) is 2.76. The SMILES string of the molecule is CS(=O)(=O)N1CCN(Cn2nc3ccccn3c2=O)CC1. The molecule has 1 aliphatic heterocycles. The second-order valence-electron chi connectivity index (χ2n) is 5.13. The Morgan fingerprint density at radius 1 is 1.19 bits per heavy atom. The van der Waals surface area contributed by atoms with Crippen LogP contribution in [-0.4, -0.2) is 64.2 Å². The van der Waals surface area contributed by atoms with E-state index in [4.69, 9.17) is 0 Å². The monoisotopic (exact) mass is 311 g/mol. The van der Waals surface area contributed by atoms with E-state index in [2.05, 4.69) is 5.10 Å². The molecule has 0 atom stereocenters. The van der Waals surface area contributed by atoms with Gasteiger partial charge < -0.3 is 0 Å². The molecule has 2 aromatic heterocycles. The highest BCUT2D eigenvalue weighted by Gasteiger charge is 2.23. The van der Waals surface area contributed by atoms with E-state index in [0.29, 0.717) is 38.5 Å². The summed E-state index contributed by atoms with van der Waals surface area (Å²) < 4.78 is 27.3. The van der Waals surface area contributed by atoms with Gasteiger partial charge in [-0.25, -0.2) is 13.2 Å². The molecule has 0 N–H and O–H groups in total. The number of piperazine rings is 1. The van der Waals surface area contributed by atoms with Gasteiger partial charge in [0.1, 0.15) is 0 Å². The first-order chi connectivity index (χ1) is 9.95. The first-order valence-electron chi connectivity index (χ1n) is 6.67. The number of pyridine rings is 1. The van der Waals surface area contributed by atoms with Crippen LogP contribution in [0.3, 0.4) is 0 Å². The molecule has 114 valence electrons. The predicted molar refractivity (Wildman–Crippen MR) is 77.4 cm³/mol. The Labute approximate surface area is 122 Å². The number of hydrogen-bond acceptors (Lipinski definition) is 5. The van der Waals surface area contributed by atoms with Crippen LogP contribution in [0.4, 0.5) is 0 Å². The van der Waals surface area contributed by atoms with Crippen molar-refractivity contribution < 1.29 is 8.42 Å². The van der Waals surface area contributed by atoms with Crippen molar-refractivity contribution in [3.63, 3.8) is 0 Å². The molecule has 1 aliphatic rings. The standard InChI is InChI=1S/C12H17N5O3S/c1-21(19,20)15-8-6-14(7-9-15)10-17-12(18)16-5-3-2-4-11(16)13-17/h2-5H,6-10H2,1H3. The summed E-state index contributed by atoms with van der Waals surface area (Å²) in [6.07, 6.45) is 2.90. The third-order valence-electron chi connectivity index (χ3n) is 3.62. The molecule has 0 saturated carbocycles. The molecule has 1 saturated heterocycles. The van der Waals surface area contributed by atoms with Crippen LogP contribution in [0.25, 0.3) is 5.65 Å². The van der Waals surface area contributed by atoms with Gasteiger partial charge in [0.25, 0.3) is 0 Å². The maximum absolute atomic E-state index is 12.2. The predicted octanol–water partition coefficient (Wildman–Crippen LogP) is -0.969. The maximum Gasteiger partial charge on any atom is 0.351 e.